The molecule has 100 valence electrons. The molecule has 0 spiro atoms. The molecule has 0 radical (unpaired) electrons. The molecule has 18 heavy (non-hydrogen) atoms. The van der Waals surface area contributed by atoms with Crippen LogP contribution in [0.4, 0.5) is 0 Å². The molecule has 1 aromatic rings. The molecule has 4 nitrogen and oxygen atoms in total. The van der Waals surface area contributed by atoms with E-state index in [1.165, 1.54) is 0 Å². The minimum atomic E-state index is 0.253. The van der Waals surface area contributed by atoms with E-state index in [1.807, 2.05) is 12.1 Å². The molecule has 2 rings (SSSR count). The minimum absolute atomic E-state index is 0.253. The molecule has 1 aliphatic rings. The Kier molecular flexibility index (Phi) is 4.32. The highest BCUT2D eigenvalue weighted by atomic mass is 35.5. The quantitative estimate of drug-likeness (QED) is 0.889. The summed E-state index contributed by atoms with van der Waals surface area (Å²) in [4.78, 5) is 2.16. The van der Waals surface area contributed by atoms with Crippen LogP contribution in [0.3, 0.4) is 0 Å². The molecule has 1 N–H and O–H groups in total. The summed E-state index contributed by atoms with van der Waals surface area (Å²) in [6, 6.07) is 4.32. The molecule has 0 amide bonds. The SMILES string of the molecule is CC(CN(C)C)NCc1cc(Cl)c2c(c1)OCO2. The number of hydrogen-bond acceptors (Lipinski definition) is 4. The first-order valence-electron chi connectivity index (χ1n) is 6.02. The summed E-state index contributed by atoms with van der Waals surface area (Å²) in [7, 11) is 4.13. The van der Waals surface area contributed by atoms with Crippen LogP contribution >= 0.6 is 11.6 Å². The van der Waals surface area contributed by atoms with Gasteiger partial charge in [-0.05, 0) is 38.7 Å². The van der Waals surface area contributed by atoms with Gasteiger partial charge in [-0.3, -0.25) is 0 Å². The van der Waals surface area contributed by atoms with Crippen LogP contribution in [0.25, 0.3) is 0 Å². The van der Waals surface area contributed by atoms with Crippen molar-refractivity contribution in [3.63, 3.8) is 0 Å². The lowest BCUT2D eigenvalue weighted by Gasteiger charge is -2.18. The Morgan fingerprint density at radius 2 is 2.17 bits per heavy atom. The average molecular weight is 271 g/mol. The fourth-order valence-corrected chi connectivity index (χ4v) is 2.32. The van der Waals surface area contributed by atoms with E-state index >= 15 is 0 Å². The molecule has 0 bridgehead atoms. The molecule has 1 atom stereocenters. The van der Waals surface area contributed by atoms with E-state index in [4.69, 9.17) is 21.1 Å². The van der Waals surface area contributed by atoms with Crippen molar-refractivity contribution >= 4 is 11.6 Å². The van der Waals surface area contributed by atoms with E-state index in [-0.39, 0.29) is 6.79 Å². The van der Waals surface area contributed by atoms with Crippen LogP contribution in [0, 0.1) is 0 Å². The summed E-state index contributed by atoms with van der Waals surface area (Å²) >= 11 is 6.13. The first-order chi connectivity index (χ1) is 8.56. The molecule has 1 unspecified atom stereocenters. The summed E-state index contributed by atoms with van der Waals surface area (Å²) in [5.74, 6) is 1.39. The molecule has 0 aromatic heterocycles. The van der Waals surface area contributed by atoms with Crippen molar-refractivity contribution < 1.29 is 9.47 Å². The molecule has 5 heteroatoms. The lowest BCUT2D eigenvalue weighted by molar-refractivity contribution is 0.174. The summed E-state index contributed by atoms with van der Waals surface area (Å²) in [5.41, 5.74) is 1.11. The number of rotatable bonds is 5. The van der Waals surface area contributed by atoms with Gasteiger partial charge < -0.3 is 19.7 Å². The maximum Gasteiger partial charge on any atom is 0.231 e. The Hall–Kier alpha value is -0.970. The normalized spacial score (nSPS) is 15.2. The van der Waals surface area contributed by atoms with E-state index in [1.54, 1.807) is 0 Å². The van der Waals surface area contributed by atoms with Gasteiger partial charge in [-0.15, -0.1) is 0 Å². The molecule has 0 saturated heterocycles. The Morgan fingerprint density at radius 1 is 1.39 bits per heavy atom. The summed E-state index contributed by atoms with van der Waals surface area (Å²) < 4.78 is 10.6. The highest BCUT2D eigenvalue weighted by molar-refractivity contribution is 6.32. The lowest BCUT2D eigenvalue weighted by atomic mass is 10.2. The van der Waals surface area contributed by atoms with Crippen LogP contribution in [0.15, 0.2) is 12.1 Å². The van der Waals surface area contributed by atoms with Gasteiger partial charge in [0.25, 0.3) is 0 Å². The van der Waals surface area contributed by atoms with Gasteiger partial charge in [0.05, 0.1) is 5.02 Å². The Bertz CT molecular complexity index is 424. The van der Waals surface area contributed by atoms with Crippen molar-refractivity contribution in [3.8, 4) is 11.5 Å². The predicted octanol–water partition coefficient (Wildman–Crippen LogP) is 2.11. The number of hydrogen-bond donors (Lipinski definition) is 1. The summed E-state index contributed by atoms with van der Waals surface area (Å²) in [5, 5.41) is 4.06. The topological polar surface area (TPSA) is 33.7 Å². The first kappa shape index (κ1) is 13.5. The van der Waals surface area contributed by atoms with E-state index in [0.717, 1.165) is 24.4 Å². The van der Waals surface area contributed by atoms with E-state index < -0.39 is 0 Å². The van der Waals surface area contributed by atoms with Crippen molar-refractivity contribution in [3.05, 3.63) is 22.7 Å². The van der Waals surface area contributed by atoms with Crippen LogP contribution in [-0.4, -0.2) is 38.4 Å². The number of benzene rings is 1. The zero-order chi connectivity index (χ0) is 13.1. The van der Waals surface area contributed by atoms with Gasteiger partial charge in [0.15, 0.2) is 11.5 Å². The third-order valence-electron chi connectivity index (χ3n) is 2.78. The van der Waals surface area contributed by atoms with Gasteiger partial charge in [0, 0.05) is 19.1 Å². The summed E-state index contributed by atoms with van der Waals surface area (Å²) in [6.07, 6.45) is 0. The number of halogens is 1. The number of fused-ring (bicyclic) bond motifs is 1. The number of nitrogens with one attached hydrogen (secondary N) is 1. The largest absolute Gasteiger partial charge is 0.454 e. The van der Waals surface area contributed by atoms with Gasteiger partial charge in [-0.25, -0.2) is 0 Å². The van der Waals surface area contributed by atoms with E-state index in [9.17, 15) is 0 Å². The fraction of sp³-hybridized carbons (Fsp3) is 0.538. The zero-order valence-corrected chi connectivity index (χ0v) is 11.8. The number of ether oxygens (including phenoxy) is 2. The molecule has 0 aliphatic carbocycles. The van der Waals surface area contributed by atoms with Crippen molar-refractivity contribution in [2.24, 2.45) is 0 Å². The molecule has 1 aromatic carbocycles. The maximum atomic E-state index is 6.13. The average Bonchev–Trinajstić information content (AvgIpc) is 2.74. The van der Waals surface area contributed by atoms with Gasteiger partial charge >= 0.3 is 0 Å². The Balaban J connectivity index is 1.96. The van der Waals surface area contributed by atoms with Crippen LogP contribution in [0.5, 0.6) is 11.5 Å². The first-order valence-corrected chi connectivity index (χ1v) is 6.40. The second kappa shape index (κ2) is 5.78. The lowest BCUT2D eigenvalue weighted by Crippen LogP contribution is -2.35. The van der Waals surface area contributed by atoms with Crippen LogP contribution in [0.2, 0.25) is 5.02 Å². The van der Waals surface area contributed by atoms with E-state index in [2.05, 4.69) is 31.2 Å². The van der Waals surface area contributed by atoms with E-state index in [0.29, 0.717) is 16.8 Å². The van der Waals surface area contributed by atoms with Crippen molar-refractivity contribution in [1.82, 2.24) is 10.2 Å². The van der Waals surface area contributed by atoms with Gasteiger partial charge in [0.2, 0.25) is 6.79 Å². The molecule has 0 fully saturated rings. The Labute approximate surface area is 113 Å². The number of likely N-dealkylation sites (N-methyl/N-ethyl adjacent to an activating group) is 1. The second-order valence-electron chi connectivity index (χ2n) is 4.86. The fourth-order valence-electron chi connectivity index (χ4n) is 2.03. The minimum Gasteiger partial charge on any atom is -0.454 e. The standard InChI is InChI=1S/C13H19ClN2O2/c1-9(7-16(2)3)15-6-10-4-11(14)13-12(5-10)17-8-18-13/h4-5,9,15H,6-8H2,1-3H3. The molecular formula is C13H19ClN2O2. The van der Waals surface area contributed by atoms with Gasteiger partial charge in [-0.2, -0.15) is 0 Å². The van der Waals surface area contributed by atoms with Crippen molar-refractivity contribution in [2.45, 2.75) is 19.5 Å². The van der Waals surface area contributed by atoms with Gasteiger partial charge in [0.1, 0.15) is 0 Å². The highest BCUT2D eigenvalue weighted by Gasteiger charge is 2.18. The smallest absolute Gasteiger partial charge is 0.231 e. The van der Waals surface area contributed by atoms with Crippen LogP contribution in [-0.2, 0) is 6.54 Å². The highest BCUT2D eigenvalue weighted by Crippen LogP contribution is 2.39. The molecule has 1 heterocycles. The Morgan fingerprint density at radius 3 is 2.89 bits per heavy atom. The molecular weight excluding hydrogens is 252 g/mol. The van der Waals surface area contributed by atoms with Crippen LogP contribution < -0.4 is 14.8 Å². The number of nitrogens with zero attached hydrogens (tertiary/aromatic N) is 1. The third-order valence-corrected chi connectivity index (χ3v) is 3.06. The summed E-state index contributed by atoms with van der Waals surface area (Å²) in [6.45, 7) is 4.18. The third kappa shape index (κ3) is 3.28. The maximum absolute atomic E-state index is 6.13. The van der Waals surface area contributed by atoms with Crippen LogP contribution in [0.1, 0.15) is 12.5 Å². The predicted molar refractivity (Wildman–Crippen MR) is 72.4 cm³/mol. The zero-order valence-electron chi connectivity index (χ0n) is 11.0. The monoisotopic (exact) mass is 270 g/mol. The van der Waals surface area contributed by atoms with Crippen molar-refractivity contribution in [2.75, 3.05) is 27.4 Å². The van der Waals surface area contributed by atoms with Crippen molar-refractivity contribution in [1.29, 1.82) is 0 Å². The second-order valence-corrected chi connectivity index (χ2v) is 5.26. The van der Waals surface area contributed by atoms with Gasteiger partial charge in [-0.1, -0.05) is 11.6 Å². The molecule has 0 saturated carbocycles. The molecule has 1 aliphatic heterocycles.